The van der Waals surface area contributed by atoms with Crippen LogP contribution >= 0.6 is 0 Å². The maximum absolute atomic E-state index is 14.7. The Morgan fingerprint density at radius 2 is 2.11 bits per heavy atom. The van der Waals surface area contributed by atoms with Crippen molar-refractivity contribution in [2.24, 2.45) is 5.92 Å². The maximum Gasteiger partial charge on any atom is 0.265 e. The van der Waals surface area contributed by atoms with Gasteiger partial charge in [0, 0.05) is 35.9 Å². The van der Waals surface area contributed by atoms with Gasteiger partial charge < -0.3 is 20.3 Å². The number of piperidine rings is 1. The highest BCUT2D eigenvalue weighted by Crippen LogP contribution is 2.40. The zero-order valence-electron chi connectivity index (χ0n) is 20.4. The summed E-state index contributed by atoms with van der Waals surface area (Å²) >= 11 is 0. The number of hydrogen-bond donors (Lipinski definition) is 2. The van der Waals surface area contributed by atoms with Crippen LogP contribution in [-0.2, 0) is 4.79 Å². The smallest absolute Gasteiger partial charge is 0.265 e. The minimum atomic E-state index is -0.454. The number of rotatable bonds is 6. The van der Waals surface area contributed by atoms with Crippen molar-refractivity contribution < 1.29 is 13.9 Å². The molecule has 0 radical (unpaired) electrons. The first-order valence-corrected chi connectivity index (χ1v) is 12.8. The Balaban J connectivity index is 1.17. The van der Waals surface area contributed by atoms with Gasteiger partial charge in [-0.1, -0.05) is 0 Å². The molecule has 2 aromatic rings. The van der Waals surface area contributed by atoms with Crippen LogP contribution in [0.2, 0.25) is 0 Å². The lowest BCUT2D eigenvalue weighted by Gasteiger charge is -2.47. The minimum absolute atomic E-state index is 0.00527. The number of ether oxygens (including phenoxy) is 1. The van der Waals surface area contributed by atoms with Crippen LogP contribution in [0.25, 0.3) is 0 Å². The third-order valence-corrected chi connectivity index (χ3v) is 7.84. The fourth-order valence-electron chi connectivity index (χ4n) is 6.01. The van der Waals surface area contributed by atoms with Crippen molar-refractivity contribution in [3.8, 4) is 5.75 Å². The minimum Gasteiger partial charge on any atom is -0.481 e. The van der Waals surface area contributed by atoms with Gasteiger partial charge in [0.25, 0.3) is 5.91 Å². The molecule has 0 bridgehead atoms. The lowest BCUT2D eigenvalue weighted by molar-refractivity contribution is -0.121. The van der Waals surface area contributed by atoms with Crippen molar-refractivity contribution in [1.29, 1.82) is 0 Å². The van der Waals surface area contributed by atoms with Crippen molar-refractivity contribution >= 4 is 29.0 Å². The molecule has 2 atom stereocenters. The number of amides is 1. The zero-order chi connectivity index (χ0) is 24.2. The van der Waals surface area contributed by atoms with Crippen molar-refractivity contribution in [3.05, 3.63) is 30.2 Å². The number of fused-ring (bicyclic) bond motifs is 2. The van der Waals surface area contributed by atoms with Crippen LogP contribution < -0.4 is 20.3 Å². The summed E-state index contributed by atoms with van der Waals surface area (Å²) in [4.78, 5) is 25.4. The SMILES string of the molecule is CC1(C)C[C@H](Nc2nc(Nc3ccc4c(c3)OCC(=O)N4CC3CC3)ncc2F)C[C@@H]2CCCN21. The van der Waals surface area contributed by atoms with Gasteiger partial charge >= 0.3 is 0 Å². The Kier molecular flexibility index (Phi) is 5.55. The summed E-state index contributed by atoms with van der Waals surface area (Å²) in [6, 6.07) is 6.31. The predicted octanol–water partition coefficient (Wildman–Crippen LogP) is 4.31. The van der Waals surface area contributed by atoms with Crippen LogP contribution in [0.4, 0.5) is 27.5 Å². The highest BCUT2D eigenvalue weighted by atomic mass is 19.1. The molecule has 2 N–H and O–H groups in total. The second-order valence-corrected chi connectivity index (χ2v) is 11.0. The van der Waals surface area contributed by atoms with Crippen LogP contribution in [0.15, 0.2) is 24.4 Å². The first kappa shape index (κ1) is 22.5. The molecule has 8 nitrogen and oxygen atoms in total. The number of aromatic nitrogens is 2. The number of nitrogens with one attached hydrogen (secondary N) is 2. The molecule has 1 aromatic heterocycles. The largest absolute Gasteiger partial charge is 0.481 e. The van der Waals surface area contributed by atoms with Crippen LogP contribution in [0.1, 0.15) is 52.4 Å². The molecule has 9 heteroatoms. The molecule has 2 saturated heterocycles. The number of anilines is 4. The molecule has 186 valence electrons. The number of halogens is 1. The third kappa shape index (κ3) is 4.53. The Morgan fingerprint density at radius 1 is 1.26 bits per heavy atom. The third-order valence-electron chi connectivity index (χ3n) is 7.84. The Hall–Kier alpha value is -2.94. The van der Waals surface area contributed by atoms with Gasteiger partial charge in [0.2, 0.25) is 5.95 Å². The second kappa shape index (κ2) is 8.62. The molecule has 1 saturated carbocycles. The van der Waals surface area contributed by atoms with E-state index in [0.717, 1.165) is 37.3 Å². The summed E-state index contributed by atoms with van der Waals surface area (Å²) < 4.78 is 20.4. The molecule has 3 fully saturated rings. The van der Waals surface area contributed by atoms with Crippen molar-refractivity contribution in [3.63, 3.8) is 0 Å². The summed E-state index contributed by atoms with van der Waals surface area (Å²) in [5.41, 5.74) is 1.60. The van der Waals surface area contributed by atoms with E-state index in [9.17, 15) is 9.18 Å². The van der Waals surface area contributed by atoms with Gasteiger partial charge in [-0.05, 0) is 77.0 Å². The topological polar surface area (TPSA) is 82.6 Å². The number of carbonyl (C=O) groups excluding carboxylic acids is 1. The lowest BCUT2D eigenvalue weighted by atomic mass is 9.84. The number of benzene rings is 1. The predicted molar refractivity (Wildman–Crippen MR) is 133 cm³/mol. The molecule has 1 amide bonds. The van der Waals surface area contributed by atoms with E-state index in [1.807, 2.05) is 23.1 Å². The lowest BCUT2D eigenvalue weighted by Crippen LogP contribution is -2.55. The van der Waals surface area contributed by atoms with E-state index in [2.05, 4.69) is 39.3 Å². The molecule has 1 aromatic carbocycles. The first-order valence-electron chi connectivity index (χ1n) is 12.8. The van der Waals surface area contributed by atoms with Crippen molar-refractivity contribution in [2.75, 3.05) is 35.2 Å². The van der Waals surface area contributed by atoms with Crippen molar-refractivity contribution in [2.45, 2.75) is 70.0 Å². The monoisotopic (exact) mass is 480 g/mol. The Bertz CT molecular complexity index is 1140. The van der Waals surface area contributed by atoms with E-state index in [-0.39, 0.29) is 29.9 Å². The average Bonchev–Trinajstić information content (AvgIpc) is 3.51. The van der Waals surface area contributed by atoms with Gasteiger partial charge in [-0.2, -0.15) is 4.98 Å². The second-order valence-electron chi connectivity index (χ2n) is 11.0. The summed E-state index contributed by atoms with van der Waals surface area (Å²) in [5.74, 6) is 1.33. The summed E-state index contributed by atoms with van der Waals surface area (Å²) in [5, 5.41) is 6.54. The van der Waals surface area contributed by atoms with E-state index in [4.69, 9.17) is 4.74 Å². The number of hydrogen-bond acceptors (Lipinski definition) is 7. The van der Waals surface area contributed by atoms with E-state index >= 15 is 0 Å². The van der Waals surface area contributed by atoms with Gasteiger partial charge in [0.1, 0.15) is 5.75 Å². The molecule has 35 heavy (non-hydrogen) atoms. The van der Waals surface area contributed by atoms with Gasteiger partial charge in [0.15, 0.2) is 18.2 Å². The average molecular weight is 481 g/mol. The zero-order valence-corrected chi connectivity index (χ0v) is 20.4. The van der Waals surface area contributed by atoms with Crippen LogP contribution in [0, 0.1) is 11.7 Å². The summed E-state index contributed by atoms with van der Waals surface area (Å²) in [7, 11) is 0. The quantitative estimate of drug-likeness (QED) is 0.637. The fourth-order valence-corrected chi connectivity index (χ4v) is 6.01. The van der Waals surface area contributed by atoms with Gasteiger partial charge in [0.05, 0.1) is 11.9 Å². The molecule has 3 aliphatic heterocycles. The fraction of sp³-hybridized carbons (Fsp3) is 0.577. The van der Waals surface area contributed by atoms with E-state index in [1.54, 1.807) is 0 Å². The summed E-state index contributed by atoms with van der Waals surface area (Å²) in [6.07, 6.45) is 7.92. The standard InChI is InChI=1S/C26H33FN6O2/c1-26(2)12-18(10-19-4-3-9-33(19)26)29-24-20(27)13-28-25(31-24)30-17-7-8-21-22(11-17)35-15-23(34)32(21)14-16-5-6-16/h7-8,11,13,16,18-19H,3-6,9-10,12,14-15H2,1-2H3,(H2,28,29,30,31)/t18-,19+/m1/s1. The number of carbonyl (C=O) groups is 1. The molecular weight excluding hydrogens is 447 g/mol. The molecule has 1 aliphatic carbocycles. The Labute approximate surface area is 205 Å². The van der Waals surface area contributed by atoms with Gasteiger partial charge in [-0.15, -0.1) is 0 Å². The molecule has 0 unspecified atom stereocenters. The van der Waals surface area contributed by atoms with Crippen molar-refractivity contribution in [1.82, 2.24) is 14.9 Å². The molecular formula is C26H33FN6O2. The maximum atomic E-state index is 14.7. The molecule has 0 spiro atoms. The van der Waals surface area contributed by atoms with E-state index in [1.165, 1.54) is 31.9 Å². The highest BCUT2D eigenvalue weighted by molar-refractivity contribution is 5.98. The van der Waals surface area contributed by atoms with Crippen LogP contribution in [0.3, 0.4) is 0 Å². The molecule has 4 aliphatic rings. The molecule has 4 heterocycles. The van der Waals surface area contributed by atoms with Gasteiger partial charge in [-0.25, -0.2) is 9.37 Å². The van der Waals surface area contributed by atoms with E-state index in [0.29, 0.717) is 23.7 Å². The first-order chi connectivity index (χ1) is 16.9. The van der Waals surface area contributed by atoms with E-state index < -0.39 is 5.82 Å². The van der Waals surface area contributed by atoms with Crippen LogP contribution in [0.5, 0.6) is 5.75 Å². The van der Waals surface area contributed by atoms with Crippen LogP contribution in [-0.4, -0.2) is 58.1 Å². The highest BCUT2D eigenvalue weighted by Gasteiger charge is 2.43. The number of nitrogens with zero attached hydrogens (tertiary/aromatic N) is 4. The summed E-state index contributed by atoms with van der Waals surface area (Å²) in [6.45, 7) is 6.49. The van der Waals surface area contributed by atoms with Gasteiger partial charge in [-0.3, -0.25) is 9.69 Å². The molecule has 6 rings (SSSR count). The Morgan fingerprint density at radius 3 is 2.94 bits per heavy atom. The normalized spacial score (nSPS) is 25.6.